The number of pyridine rings is 1. The predicted octanol–water partition coefficient (Wildman–Crippen LogP) is 3.01. The van der Waals surface area contributed by atoms with Gasteiger partial charge in [-0.1, -0.05) is 19.0 Å². The minimum atomic E-state index is -0.533. The van der Waals surface area contributed by atoms with E-state index < -0.39 is 6.10 Å². The minimum absolute atomic E-state index is 0.165. The van der Waals surface area contributed by atoms with Crippen LogP contribution in [0.15, 0.2) is 27.5 Å². The van der Waals surface area contributed by atoms with Gasteiger partial charge in [-0.3, -0.25) is 4.98 Å². The highest BCUT2D eigenvalue weighted by molar-refractivity contribution is 9.10. The van der Waals surface area contributed by atoms with Crippen molar-refractivity contribution in [3.8, 4) is 11.4 Å². The lowest BCUT2D eigenvalue weighted by molar-refractivity contribution is 0.120. The van der Waals surface area contributed by atoms with E-state index in [0.29, 0.717) is 11.7 Å². The summed E-state index contributed by atoms with van der Waals surface area (Å²) in [5.41, 5.74) is 0.775. The Morgan fingerprint density at radius 3 is 2.58 bits per heavy atom. The highest BCUT2D eigenvalue weighted by Gasteiger charge is 2.27. The van der Waals surface area contributed by atoms with Crippen molar-refractivity contribution in [2.24, 2.45) is 5.92 Å². The van der Waals surface area contributed by atoms with Crippen LogP contribution in [0.25, 0.3) is 11.4 Å². The molecule has 0 aliphatic carbocycles. The van der Waals surface area contributed by atoms with E-state index in [2.05, 4.69) is 31.1 Å². The number of nitrogens with zero attached hydrogens (tertiary/aromatic N) is 3. The summed E-state index contributed by atoms with van der Waals surface area (Å²) in [7, 11) is 0. The van der Waals surface area contributed by atoms with Crippen LogP contribution < -0.4 is 0 Å². The SMILES string of the molecule is CC(C)C(c1nc(-c2cncc(Br)c2)no1)C(C)O. The van der Waals surface area contributed by atoms with Gasteiger partial charge in [0.05, 0.1) is 12.0 Å². The van der Waals surface area contributed by atoms with Crippen LogP contribution in [0, 0.1) is 5.92 Å². The highest BCUT2D eigenvalue weighted by Crippen LogP contribution is 2.28. The summed E-state index contributed by atoms with van der Waals surface area (Å²) in [6.07, 6.45) is 2.83. The molecule has 0 aliphatic heterocycles. The van der Waals surface area contributed by atoms with E-state index >= 15 is 0 Å². The first-order chi connectivity index (χ1) is 8.99. The molecule has 2 rings (SSSR count). The van der Waals surface area contributed by atoms with Gasteiger partial charge in [0, 0.05) is 22.4 Å². The van der Waals surface area contributed by atoms with Gasteiger partial charge >= 0.3 is 0 Å². The van der Waals surface area contributed by atoms with Gasteiger partial charge in [-0.15, -0.1) is 0 Å². The quantitative estimate of drug-likeness (QED) is 0.935. The molecule has 0 amide bonds. The van der Waals surface area contributed by atoms with Gasteiger partial charge in [0.1, 0.15) is 0 Å². The first kappa shape index (κ1) is 14.1. The van der Waals surface area contributed by atoms with Gasteiger partial charge < -0.3 is 9.63 Å². The number of rotatable bonds is 4. The summed E-state index contributed by atoms with van der Waals surface area (Å²) in [5.74, 6) is 0.991. The molecule has 2 aromatic heterocycles. The third-order valence-electron chi connectivity index (χ3n) is 2.93. The zero-order valence-corrected chi connectivity index (χ0v) is 12.6. The van der Waals surface area contributed by atoms with Gasteiger partial charge in [0.25, 0.3) is 0 Å². The van der Waals surface area contributed by atoms with Crippen molar-refractivity contribution < 1.29 is 9.63 Å². The molecule has 2 aromatic rings. The van der Waals surface area contributed by atoms with Crippen LogP contribution >= 0.6 is 15.9 Å². The molecule has 0 aromatic carbocycles. The molecule has 1 N–H and O–H groups in total. The fourth-order valence-electron chi connectivity index (χ4n) is 2.07. The van der Waals surface area contributed by atoms with Gasteiger partial charge in [-0.2, -0.15) is 4.98 Å². The predicted molar refractivity (Wildman–Crippen MR) is 74.5 cm³/mol. The van der Waals surface area contributed by atoms with Crippen LogP contribution in [0.5, 0.6) is 0 Å². The van der Waals surface area contributed by atoms with E-state index in [4.69, 9.17) is 4.52 Å². The van der Waals surface area contributed by atoms with Crippen LogP contribution in [0.1, 0.15) is 32.6 Å². The Morgan fingerprint density at radius 2 is 2.00 bits per heavy atom. The van der Waals surface area contributed by atoms with Crippen molar-refractivity contribution in [1.29, 1.82) is 0 Å². The first-order valence-corrected chi connectivity index (χ1v) is 6.91. The lowest BCUT2D eigenvalue weighted by atomic mass is 9.91. The molecule has 0 bridgehead atoms. The van der Waals surface area contributed by atoms with Crippen molar-refractivity contribution >= 4 is 15.9 Å². The Labute approximate surface area is 120 Å². The summed E-state index contributed by atoms with van der Waals surface area (Å²) in [6.45, 7) is 5.76. The van der Waals surface area contributed by atoms with Crippen LogP contribution in [0.2, 0.25) is 0 Å². The second-order valence-corrected chi connectivity index (χ2v) is 5.77. The first-order valence-electron chi connectivity index (χ1n) is 6.11. The van der Waals surface area contributed by atoms with Crippen LogP contribution in [-0.4, -0.2) is 26.3 Å². The number of hydrogen-bond donors (Lipinski definition) is 1. The molecule has 2 atom stereocenters. The van der Waals surface area contributed by atoms with Crippen LogP contribution in [-0.2, 0) is 0 Å². The molecule has 0 radical (unpaired) electrons. The van der Waals surface area contributed by atoms with Crippen molar-refractivity contribution in [1.82, 2.24) is 15.1 Å². The minimum Gasteiger partial charge on any atom is -0.393 e. The summed E-state index contributed by atoms with van der Waals surface area (Å²) in [5, 5.41) is 13.8. The standard InChI is InChI=1S/C13H16BrN3O2/c1-7(2)11(8(3)18)13-16-12(17-19-13)9-4-10(14)6-15-5-9/h4-8,11,18H,1-3H3. The molecular weight excluding hydrogens is 310 g/mol. The van der Waals surface area contributed by atoms with Crippen molar-refractivity contribution in [3.05, 3.63) is 28.8 Å². The Morgan fingerprint density at radius 1 is 1.26 bits per heavy atom. The Bertz CT molecular complexity index is 546. The summed E-state index contributed by atoms with van der Waals surface area (Å²) in [4.78, 5) is 8.43. The van der Waals surface area contributed by atoms with Gasteiger partial charge in [-0.05, 0) is 34.8 Å². The van der Waals surface area contributed by atoms with E-state index in [-0.39, 0.29) is 11.8 Å². The topological polar surface area (TPSA) is 72.0 Å². The smallest absolute Gasteiger partial charge is 0.232 e. The lowest BCUT2D eigenvalue weighted by Gasteiger charge is -2.19. The third kappa shape index (κ3) is 3.19. The number of hydrogen-bond acceptors (Lipinski definition) is 5. The molecule has 102 valence electrons. The van der Waals surface area contributed by atoms with Crippen LogP contribution in [0.4, 0.5) is 0 Å². The highest BCUT2D eigenvalue weighted by atomic mass is 79.9. The van der Waals surface area contributed by atoms with E-state index in [0.717, 1.165) is 10.0 Å². The number of aliphatic hydroxyl groups excluding tert-OH is 1. The molecule has 19 heavy (non-hydrogen) atoms. The summed E-state index contributed by atoms with van der Waals surface area (Å²) >= 11 is 3.35. The summed E-state index contributed by atoms with van der Waals surface area (Å²) < 4.78 is 6.13. The lowest BCUT2D eigenvalue weighted by Crippen LogP contribution is -2.20. The van der Waals surface area contributed by atoms with Crippen molar-refractivity contribution in [2.45, 2.75) is 32.8 Å². The zero-order chi connectivity index (χ0) is 14.0. The maximum atomic E-state index is 9.81. The Kier molecular flexibility index (Phi) is 4.31. The molecule has 6 heteroatoms. The van der Waals surface area contributed by atoms with Crippen molar-refractivity contribution in [2.75, 3.05) is 0 Å². The van der Waals surface area contributed by atoms with Gasteiger partial charge in [0.2, 0.25) is 11.7 Å². The third-order valence-corrected chi connectivity index (χ3v) is 3.36. The Hall–Kier alpha value is -1.27. The molecule has 0 fully saturated rings. The molecule has 5 nitrogen and oxygen atoms in total. The average Bonchev–Trinajstić information content (AvgIpc) is 2.77. The zero-order valence-electron chi connectivity index (χ0n) is 11.0. The molecule has 2 heterocycles. The second-order valence-electron chi connectivity index (χ2n) is 4.86. The second kappa shape index (κ2) is 5.79. The molecule has 0 saturated carbocycles. The number of aliphatic hydroxyl groups is 1. The fourth-order valence-corrected chi connectivity index (χ4v) is 2.44. The van der Waals surface area contributed by atoms with E-state index in [1.54, 1.807) is 19.3 Å². The molecular formula is C13H16BrN3O2. The summed E-state index contributed by atoms with van der Waals surface area (Å²) in [6, 6.07) is 1.87. The Balaban J connectivity index is 2.33. The fraction of sp³-hybridized carbons (Fsp3) is 0.462. The average molecular weight is 326 g/mol. The van der Waals surface area contributed by atoms with Crippen molar-refractivity contribution in [3.63, 3.8) is 0 Å². The normalized spacial score (nSPS) is 14.6. The number of halogens is 1. The van der Waals surface area contributed by atoms with Gasteiger partial charge in [-0.25, -0.2) is 0 Å². The molecule has 0 saturated heterocycles. The maximum absolute atomic E-state index is 9.81. The van der Waals surface area contributed by atoms with E-state index in [1.807, 2.05) is 19.9 Å². The molecule has 2 unspecified atom stereocenters. The van der Waals surface area contributed by atoms with Gasteiger partial charge in [0.15, 0.2) is 0 Å². The van der Waals surface area contributed by atoms with E-state index in [1.165, 1.54) is 0 Å². The molecule has 0 aliphatic rings. The van der Waals surface area contributed by atoms with Crippen LogP contribution in [0.3, 0.4) is 0 Å². The van der Waals surface area contributed by atoms with E-state index in [9.17, 15) is 5.11 Å². The number of aromatic nitrogens is 3. The largest absolute Gasteiger partial charge is 0.393 e. The molecule has 0 spiro atoms. The monoisotopic (exact) mass is 325 g/mol. The maximum Gasteiger partial charge on any atom is 0.232 e.